The second kappa shape index (κ2) is 4.50. The number of amides is 1. The second-order valence-corrected chi connectivity index (χ2v) is 4.84. The van der Waals surface area contributed by atoms with Gasteiger partial charge in [0.25, 0.3) is 11.5 Å². The highest BCUT2D eigenvalue weighted by Gasteiger charge is 2.23. The Labute approximate surface area is 110 Å². The Morgan fingerprint density at radius 2 is 2.00 bits per heavy atom. The van der Waals surface area contributed by atoms with E-state index in [4.69, 9.17) is 0 Å². The molecule has 0 N–H and O–H groups in total. The molecule has 2 aromatic rings. The van der Waals surface area contributed by atoms with Gasteiger partial charge < -0.3 is 4.90 Å². The molecule has 98 valence electrons. The van der Waals surface area contributed by atoms with Crippen LogP contribution in [0.15, 0.2) is 29.2 Å². The summed E-state index contributed by atoms with van der Waals surface area (Å²) >= 11 is 0. The molecule has 0 unspecified atom stereocenters. The van der Waals surface area contributed by atoms with E-state index < -0.39 is 0 Å². The lowest BCUT2D eigenvalue weighted by atomic mass is 10.2. The van der Waals surface area contributed by atoms with Gasteiger partial charge >= 0.3 is 0 Å². The first-order chi connectivity index (χ1) is 9.18. The first-order valence-electron chi connectivity index (χ1n) is 6.45. The molecule has 1 aliphatic heterocycles. The van der Waals surface area contributed by atoms with E-state index >= 15 is 0 Å². The van der Waals surface area contributed by atoms with Crippen LogP contribution in [0.1, 0.15) is 28.9 Å². The van der Waals surface area contributed by atoms with Crippen LogP contribution in [0.5, 0.6) is 0 Å². The molecule has 0 aliphatic carbocycles. The van der Waals surface area contributed by atoms with E-state index in [0.29, 0.717) is 5.65 Å². The molecule has 19 heavy (non-hydrogen) atoms. The normalized spacial score (nSPS) is 15.1. The van der Waals surface area contributed by atoms with Crippen molar-refractivity contribution in [3.8, 4) is 0 Å². The Bertz CT molecular complexity index is 699. The minimum Gasteiger partial charge on any atom is -0.338 e. The summed E-state index contributed by atoms with van der Waals surface area (Å²) in [5.74, 6) is -0.201. The number of pyridine rings is 1. The number of hydrogen-bond donors (Lipinski definition) is 0. The zero-order valence-electron chi connectivity index (χ0n) is 10.8. The highest BCUT2D eigenvalue weighted by atomic mass is 16.2. The fourth-order valence-corrected chi connectivity index (χ4v) is 2.51. The fraction of sp³-hybridized carbons (Fsp3) is 0.357. The molecule has 3 heterocycles. The molecule has 1 saturated heterocycles. The van der Waals surface area contributed by atoms with Crippen molar-refractivity contribution in [2.24, 2.45) is 0 Å². The third-order valence-electron chi connectivity index (χ3n) is 3.55. The molecule has 0 aromatic carbocycles. The van der Waals surface area contributed by atoms with Crippen molar-refractivity contribution in [1.82, 2.24) is 14.3 Å². The molecule has 5 heteroatoms. The van der Waals surface area contributed by atoms with Crippen molar-refractivity contribution in [3.63, 3.8) is 0 Å². The van der Waals surface area contributed by atoms with Crippen molar-refractivity contribution < 1.29 is 4.79 Å². The Morgan fingerprint density at radius 3 is 2.74 bits per heavy atom. The summed E-state index contributed by atoms with van der Waals surface area (Å²) in [7, 11) is 0. The van der Waals surface area contributed by atoms with E-state index in [-0.39, 0.29) is 17.0 Å². The van der Waals surface area contributed by atoms with Crippen LogP contribution in [-0.4, -0.2) is 33.3 Å². The topological polar surface area (TPSA) is 54.7 Å². The highest BCUT2D eigenvalue weighted by Crippen LogP contribution is 2.11. The number of nitrogens with zero attached hydrogens (tertiary/aromatic N) is 3. The maximum atomic E-state index is 12.4. The van der Waals surface area contributed by atoms with Gasteiger partial charge in [-0.25, -0.2) is 4.98 Å². The minimum absolute atomic E-state index is 0.161. The van der Waals surface area contributed by atoms with E-state index in [0.717, 1.165) is 31.6 Å². The lowest BCUT2D eigenvalue weighted by Crippen LogP contribution is -2.34. The first-order valence-corrected chi connectivity index (χ1v) is 6.45. The second-order valence-electron chi connectivity index (χ2n) is 4.84. The maximum Gasteiger partial charge on any atom is 0.270 e. The van der Waals surface area contributed by atoms with Crippen molar-refractivity contribution in [1.29, 1.82) is 0 Å². The molecule has 0 spiro atoms. The number of carbonyl (C=O) groups excluding carboxylic acids is 1. The Morgan fingerprint density at radius 1 is 1.26 bits per heavy atom. The average molecular weight is 257 g/mol. The van der Waals surface area contributed by atoms with Crippen LogP contribution < -0.4 is 5.56 Å². The third kappa shape index (κ3) is 1.91. The van der Waals surface area contributed by atoms with Crippen molar-refractivity contribution in [3.05, 3.63) is 46.0 Å². The van der Waals surface area contributed by atoms with Gasteiger partial charge in [-0.05, 0) is 31.9 Å². The zero-order chi connectivity index (χ0) is 13.4. The molecule has 1 fully saturated rings. The van der Waals surface area contributed by atoms with Crippen LogP contribution in [-0.2, 0) is 0 Å². The quantitative estimate of drug-likeness (QED) is 0.772. The van der Waals surface area contributed by atoms with Crippen LogP contribution in [0.2, 0.25) is 0 Å². The SMILES string of the molecule is Cc1cccc2ncc(C(=O)N3CCCC3)c(=O)n12. The molecule has 0 bridgehead atoms. The van der Waals surface area contributed by atoms with E-state index in [2.05, 4.69) is 4.98 Å². The van der Waals surface area contributed by atoms with E-state index in [1.165, 1.54) is 10.6 Å². The predicted octanol–water partition coefficient (Wildman–Crippen LogP) is 1.24. The van der Waals surface area contributed by atoms with Crippen LogP contribution in [0.3, 0.4) is 0 Å². The van der Waals surface area contributed by atoms with Crippen LogP contribution >= 0.6 is 0 Å². The van der Waals surface area contributed by atoms with Crippen molar-refractivity contribution >= 4 is 11.6 Å². The summed E-state index contributed by atoms with van der Waals surface area (Å²) in [6.45, 7) is 3.30. The van der Waals surface area contributed by atoms with Gasteiger partial charge in [0.05, 0.1) is 0 Å². The van der Waals surface area contributed by atoms with Gasteiger partial charge in [0, 0.05) is 25.0 Å². The average Bonchev–Trinajstić information content (AvgIpc) is 2.92. The predicted molar refractivity (Wildman–Crippen MR) is 71.3 cm³/mol. The number of hydrogen-bond acceptors (Lipinski definition) is 3. The number of likely N-dealkylation sites (tertiary alicyclic amines) is 1. The molecule has 0 atom stereocenters. The van der Waals surface area contributed by atoms with Gasteiger partial charge in [0.1, 0.15) is 11.2 Å². The number of fused-ring (bicyclic) bond motifs is 1. The van der Waals surface area contributed by atoms with Gasteiger partial charge in [-0.1, -0.05) is 6.07 Å². The number of aromatic nitrogens is 2. The van der Waals surface area contributed by atoms with Crippen LogP contribution in [0.25, 0.3) is 5.65 Å². The van der Waals surface area contributed by atoms with Gasteiger partial charge in [-0.3, -0.25) is 14.0 Å². The van der Waals surface area contributed by atoms with Gasteiger partial charge in [-0.2, -0.15) is 0 Å². The molecule has 2 aromatic heterocycles. The summed E-state index contributed by atoms with van der Waals surface area (Å²) in [5.41, 5.74) is 1.24. The minimum atomic E-state index is -0.278. The zero-order valence-corrected chi connectivity index (χ0v) is 10.8. The van der Waals surface area contributed by atoms with Gasteiger partial charge in [0.2, 0.25) is 0 Å². The molecule has 3 rings (SSSR count). The lowest BCUT2D eigenvalue weighted by Gasteiger charge is -2.15. The smallest absolute Gasteiger partial charge is 0.270 e. The molecular formula is C14H15N3O2. The fourth-order valence-electron chi connectivity index (χ4n) is 2.51. The summed E-state index contributed by atoms with van der Waals surface area (Å²) in [6.07, 6.45) is 3.41. The molecule has 5 nitrogen and oxygen atoms in total. The van der Waals surface area contributed by atoms with E-state index in [1.54, 1.807) is 11.0 Å². The first kappa shape index (κ1) is 11.9. The van der Waals surface area contributed by atoms with E-state index in [1.807, 2.05) is 19.1 Å². The Kier molecular flexibility index (Phi) is 2.81. The highest BCUT2D eigenvalue weighted by molar-refractivity contribution is 5.93. The standard InChI is InChI=1S/C14H15N3O2/c1-10-5-4-6-12-15-9-11(14(19)17(10)12)13(18)16-7-2-3-8-16/h4-6,9H,2-3,7-8H2,1H3. The molecule has 1 aliphatic rings. The molecule has 1 amide bonds. The molecule has 0 saturated carbocycles. The summed E-state index contributed by atoms with van der Waals surface area (Å²) in [4.78, 5) is 30.7. The molecular weight excluding hydrogens is 242 g/mol. The van der Waals surface area contributed by atoms with Gasteiger partial charge in [0.15, 0.2) is 0 Å². The number of aryl methyl sites for hydroxylation is 1. The largest absolute Gasteiger partial charge is 0.338 e. The van der Waals surface area contributed by atoms with Crippen LogP contribution in [0.4, 0.5) is 0 Å². The lowest BCUT2D eigenvalue weighted by molar-refractivity contribution is 0.0790. The summed E-state index contributed by atoms with van der Waals surface area (Å²) in [5, 5.41) is 0. The number of carbonyl (C=O) groups is 1. The maximum absolute atomic E-state index is 12.4. The summed E-state index contributed by atoms with van der Waals surface area (Å²) in [6, 6.07) is 5.44. The van der Waals surface area contributed by atoms with Crippen molar-refractivity contribution in [2.45, 2.75) is 19.8 Å². The Balaban J connectivity index is 2.15. The monoisotopic (exact) mass is 257 g/mol. The van der Waals surface area contributed by atoms with Crippen molar-refractivity contribution in [2.75, 3.05) is 13.1 Å². The Hall–Kier alpha value is -2.17. The van der Waals surface area contributed by atoms with Crippen LogP contribution in [0, 0.1) is 6.92 Å². The third-order valence-corrected chi connectivity index (χ3v) is 3.55. The molecule has 0 radical (unpaired) electrons. The van der Waals surface area contributed by atoms with Gasteiger partial charge in [-0.15, -0.1) is 0 Å². The number of rotatable bonds is 1. The van der Waals surface area contributed by atoms with E-state index in [9.17, 15) is 9.59 Å². The summed E-state index contributed by atoms with van der Waals surface area (Å²) < 4.78 is 1.49.